The Balaban J connectivity index is 1.19. The predicted octanol–water partition coefficient (Wildman–Crippen LogP) is 6.18. The van der Waals surface area contributed by atoms with E-state index in [2.05, 4.69) is 20.4 Å². The van der Waals surface area contributed by atoms with Crippen molar-refractivity contribution in [2.75, 3.05) is 23.3 Å². The fourth-order valence-corrected chi connectivity index (χ4v) is 4.00. The van der Waals surface area contributed by atoms with Gasteiger partial charge in [0.25, 0.3) is 5.91 Å². The molecule has 1 aliphatic heterocycles. The number of para-hydroxylation sites is 1. The molecule has 0 aliphatic carbocycles. The third-order valence-corrected chi connectivity index (χ3v) is 5.86. The number of nitrogens with zero attached hydrogens (tertiary/aromatic N) is 3. The largest absolute Gasteiger partial charge is 0.457 e. The summed E-state index contributed by atoms with van der Waals surface area (Å²) in [5.74, 6) is 2.20. The van der Waals surface area contributed by atoms with Crippen LogP contribution in [0, 0.1) is 0 Å². The monoisotopic (exact) mass is 450 g/mol. The summed E-state index contributed by atoms with van der Waals surface area (Å²) in [4.78, 5) is 14.9. The molecular weight excluding hydrogens is 424 g/mol. The van der Waals surface area contributed by atoms with Gasteiger partial charge in [-0.25, -0.2) is 0 Å². The maximum absolute atomic E-state index is 12.6. The van der Waals surface area contributed by atoms with Crippen LogP contribution in [0.15, 0.2) is 91.0 Å². The first-order valence-electron chi connectivity index (χ1n) is 11.6. The number of anilines is 2. The Kier molecular flexibility index (Phi) is 6.47. The summed E-state index contributed by atoms with van der Waals surface area (Å²) in [6, 6.07) is 28.3. The van der Waals surface area contributed by atoms with Crippen LogP contribution in [-0.2, 0) is 0 Å². The van der Waals surface area contributed by atoms with E-state index in [9.17, 15) is 4.79 Å². The summed E-state index contributed by atoms with van der Waals surface area (Å²) in [6.07, 6.45) is 3.71. The summed E-state index contributed by atoms with van der Waals surface area (Å²) in [5.41, 5.74) is 3.05. The zero-order valence-corrected chi connectivity index (χ0v) is 18.9. The zero-order chi connectivity index (χ0) is 23.2. The van der Waals surface area contributed by atoms with Gasteiger partial charge in [0.15, 0.2) is 5.82 Å². The Morgan fingerprint density at radius 3 is 2.12 bits per heavy atom. The zero-order valence-electron chi connectivity index (χ0n) is 18.9. The van der Waals surface area contributed by atoms with Crippen LogP contribution in [-0.4, -0.2) is 29.2 Å². The van der Waals surface area contributed by atoms with Crippen LogP contribution in [0.25, 0.3) is 11.3 Å². The Morgan fingerprint density at radius 1 is 0.735 bits per heavy atom. The van der Waals surface area contributed by atoms with Crippen molar-refractivity contribution >= 4 is 17.4 Å². The maximum atomic E-state index is 12.6. The van der Waals surface area contributed by atoms with Gasteiger partial charge < -0.3 is 15.0 Å². The lowest BCUT2D eigenvalue weighted by Crippen LogP contribution is -2.30. The summed E-state index contributed by atoms with van der Waals surface area (Å²) in [6.45, 7) is 2.09. The highest BCUT2D eigenvalue weighted by molar-refractivity contribution is 6.04. The van der Waals surface area contributed by atoms with Crippen LogP contribution in [0.4, 0.5) is 11.5 Å². The first-order valence-corrected chi connectivity index (χ1v) is 11.6. The predicted molar refractivity (Wildman–Crippen MR) is 134 cm³/mol. The lowest BCUT2D eigenvalue weighted by molar-refractivity contribution is 0.102. The van der Waals surface area contributed by atoms with Crippen molar-refractivity contribution in [1.29, 1.82) is 0 Å². The Labute approximate surface area is 199 Å². The van der Waals surface area contributed by atoms with Crippen molar-refractivity contribution in [3.05, 3.63) is 96.6 Å². The molecule has 6 nitrogen and oxygen atoms in total. The highest BCUT2D eigenvalue weighted by atomic mass is 16.5. The molecule has 1 aliphatic rings. The normalized spacial score (nSPS) is 13.4. The molecule has 170 valence electrons. The summed E-state index contributed by atoms with van der Waals surface area (Å²) in [7, 11) is 0. The Hall–Kier alpha value is -4.19. The highest BCUT2D eigenvalue weighted by Crippen LogP contribution is 2.24. The first-order chi connectivity index (χ1) is 16.7. The molecule has 5 rings (SSSR count). The standard InChI is InChI=1S/C28H26N4O2/c33-28(22-11-15-25(16-12-22)34-24-7-3-1-4-8-24)29-23-13-9-21(10-14-23)26-17-18-27(31-30-26)32-19-5-2-6-20-32/h1,3-4,7-18H,2,5-6,19-20H2,(H,29,33). The van der Waals surface area contributed by atoms with Crippen molar-refractivity contribution in [3.8, 4) is 22.8 Å². The quantitative estimate of drug-likeness (QED) is 0.380. The highest BCUT2D eigenvalue weighted by Gasteiger charge is 2.13. The van der Waals surface area contributed by atoms with Crippen molar-refractivity contribution in [3.63, 3.8) is 0 Å². The van der Waals surface area contributed by atoms with Crippen LogP contribution < -0.4 is 15.0 Å². The third kappa shape index (κ3) is 5.23. The number of carbonyl (C=O) groups excluding carboxylic acids is 1. The fourth-order valence-electron chi connectivity index (χ4n) is 4.00. The number of carbonyl (C=O) groups is 1. The SMILES string of the molecule is O=C(Nc1ccc(-c2ccc(N3CCCCC3)nn2)cc1)c1ccc(Oc2ccccc2)cc1. The van der Waals surface area contributed by atoms with E-state index in [-0.39, 0.29) is 5.91 Å². The number of ether oxygens (including phenoxy) is 1. The first kappa shape index (κ1) is 21.6. The molecular formula is C28H26N4O2. The molecule has 1 saturated heterocycles. The molecule has 3 aromatic carbocycles. The third-order valence-electron chi connectivity index (χ3n) is 5.86. The molecule has 0 bridgehead atoms. The molecule has 1 fully saturated rings. The van der Waals surface area contributed by atoms with Crippen molar-refractivity contribution in [2.45, 2.75) is 19.3 Å². The Bertz CT molecular complexity index is 1220. The number of hydrogen-bond acceptors (Lipinski definition) is 5. The molecule has 0 spiro atoms. The lowest BCUT2D eigenvalue weighted by atomic mass is 10.1. The van der Waals surface area contributed by atoms with E-state index in [1.54, 1.807) is 24.3 Å². The second-order valence-corrected chi connectivity index (χ2v) is 8.30. The van der Waals surface area contributed by atoms with Gasteiger partial charge in [-0.3, -0.25) is 4.79 Å². The molecule has 0 radical (unpaired) electrons. The number of piperidine rings is 1. The molecule has 0 saturated carbocycles. The molecule has 4 aromatic rings. The molecule has 6 heteroatoms. The van der Waals surface area contributed by atoms with Crippen LogP contribution >= 0.6 is 0 Å². The van der Waals surface area contributed by atoms with Gasteiger partial charge in [-0.15, -0.1) is 10.2 Å². The van der Waals surface area contributed by atoms with E-state index < -0.39 is 0 Å². The number of benzene rings is 3. The minimum atomic E-state index is -0.176. The number of nitrogens with one attached hydrogen (secondary N) is 1. The van der Waals surface area contributed by atoms with Crippen LogP contribution in [0.3, 0.4) is 0 Å². The minimum absolute atomic E-state index is 0.176. The lowest BCUT2D eigenvalue weighted by Gasteiger charge is -2.27. The number of hydrogen-bond donors (Lipinski definition) is 1. The topological polar surface area (TPSA) is 67.4 Å². The maximum Gasteiger partial charge on any atom is 0.255 e. The summed E-state index contributed by atoms with van der Waals surface area (Å²) in [5, 5.41) is 11.8. The number of aromatic nitrogens is 2. The van der Waals surface area contributed by atoms with Crippen LogP contribution in [0.1, 0.15) is 29.6 Å². The number of rotatable bonds is 6. The fraction of sp³-hybridized carbons (Fsp3) is 0.179. The van der Waals surface area contributed by atoms with Gasteiger partial charge in [-0.05, 0) is 79.9 Å². The van der Waals surface area contributed by atoms with Gasteiger partial charge in [0.2, 0.25) is 0 Å². The van der Waals surface area contributed by atoms with Crippen molar-refractivity contribution in [1.82, 2.24) is 10.2 Å². The molecule has 1 N–H and O–H groups in total. The smallest absolute Gasteiger partial charge is 0.255 e. The molecule has 34 heavy (non-hydrogen) atoms. The molecule has 0 atom stereocenters. The summed E-state index contributed by atoms with van der Waals surface area (Å²) >= 11 is 0. The van der Waals surface area contributed by atoms with Gasteiger partial charge in [0.1, 0.15) is 11.5 Å². The molecule has 1 amide bonds. The molecule has 1 aromatic heterocycles. The van der Waals surface area contributed by atoms with Crippen LogP contribution in [0.2, 0.25) is 0 Å². The van der Waals surface area contributed by atoms with Crippen LogP contribution in [0.5, 0.6) is 11.5 Å². The second kappa shape index (κ2) is 10.2. The molecule has 2 heterocycles. The van der Waals surface area contributed by atoms with E-state index in [0.29, 0.717) is 11.3 Å². The Morgan fingerprint density at radius 2 is 1.44 bits per heavy atom. The van der Waals surface area contributed by atoms with Gasteiger partial charge in [0.05, 0.1) is 5.69 Å². The van der Waals surface area contributed by atoms with E-state index in [1.807, 2.05) is 66.7 Å². The van der Waals surface area contributed by atoms with Gasteiger partial charge in [-0.1, -0.05) is 30.3 Å². The van der Waals surface area contributed by atoms with Gasteiger partial charge >= 0.3 is 0 Å². The van der Waals surface area contributed by atoms with Crippen molar-refractivity contribution in [2.24, 2.45) is 0 Å². The minimum Gasteiger partial charge on any atom is -0.457 e. The van der Waals surface area contributed by atoms with E-state index in [0.717, 1.165) is 41.6 Å². The average molecular weight is 451 g/mol. The number of amides is 1. The van der Waals surface area contributed by atoms with Gasteiger partial charge in [0, 0.05) is 29.9 Å². The van der Waals surface area contributed by atoms with Gasteiger partial charge in [-0.2, -0.15) is 0 Å². The summed E-state index contributed by atoms with van der Waals surface area (Å²) < 4.78 is 5.78. The average Bonchev–Trinajstić information content (AvgIpc) is 2.91. The second-order valence-electron chi connectivity index (χ2n) is 8.30. The van der Waals surface area contributed by atoms with E-state index in [1.165, 1.54) is 19.3 Å². The van der Waals surface area contributed by atoms with E-state index >= 15 is 0 Å². The van der Waals surface area contributed by atoms with E-state index in [4.69, 9.17) is 4.74 Å². The molecule has 0 unspecified atom stereocenters. The van der Waals surface area contributed by atoms with Crippen molar-refractivity contribution < 1.29 is 9.53 Å².